The van der Waals surface area contributed by atoms with Crippen LogP contribution in [-0.2, 0) is 4.79 Å². The van der Waals surface area contributed by atoms with Crippen LogP contribution in [0.1, 0.15) is 51.9 Å². The number of nitrogens with two attached hydrogens (primary N) is 1. The van der Waals surface area contributed by atoms with Crippen LogP contribution in [0.3, 0.4) is 0 Å². The van der Waals surface area contributed by atoms with Gasteiger partial charge in [-0.1, -0.05) is 6.92 Å². The minimum absolute atomic E-state index is 0.142. The molecule has 4 nitrogen and oxygen atoms in total. The van der Waals surface area contributed by atoms with Gasteiger partial charge in [-0.2, -0.15) is 0 Å². The molecule has 2 aliphatic rings. The molecular formula is C15H28N2O2. The van der Waals surface area contributed by atoms with E-state index in [4.69, 9.17) is 5.73 Å². The first kappa shape index (κ1) is 14.8. The molecule has 0 saturated heterocycles. The summed E-state index contributed by atoms with van der Waals surface area (Å²) in [6.45, 7) is 3.41. The summed E-state index contributed by atoms with van der Waals surface area (Å²) >= 11 is 0. The van der Waals surface area contributed by atoms with Crippen molar-refractivity contribution in [3.05, 3.63) is 0 Å². The van der Waals surface area contributed by atoms with E-state index in [1.54, 1.807) is 0 Å². The number of aliphatic hydroxyl groups is 1. The number of carbonyl (C=O) groups is 1. The Kier molecular flexibility index (Phi) is 4.85. The molecule has 4 N–H and O–H groups in total. The number of amides is 1. The van der Waals surface area contributed by atoms with Crippen LogP contribution in [0.5, 0.6) is 0 Å². The normalized spacial score (nSPS) is 39.2. The van der Waals surface area contributed by atoms with Gasteiger partial charge in [0.1, 0.15) is 0 Å². The minimum atomic E-state index is -0.330. The number of nitrogens with one attached hydrogen (secondary N) is 1. The SMILES string of the molecule is CC1CCC(CN)(C(=O)NCC2CCC(O)C2)CC1. The van der Waals surface area contributed by atoms with E-state index in [0.717, 1.165) is 50.9 Å². The van der Waals surface area contributed by atoms with Gasteiger partial charge in [-0.25, -0.2) is 0 Å². The summed E-state index contributed by atoms with van der Waals surface area (Å²) < 4.78 is 0. The molecule has 1 amide bonds. The Hall–Kier alpha value is -0.610. The van der Waals surface area contributed by atoms with Crippen molar-refractivity contribution < 1.29 is 9.90 Å². The first-order valence-electron chi connectivity index (χ1n) is 7.72. The summed E-state index contributed by atoms with van der Waals surface area (Å²) in [6.07, 6.45) is 6.61. The second-order valence-electron chi connectivity index (χ2n) is 6.71. The van der Waals surface area contributed by atoms with Crippen LogP contribution >= 0.6 is 0 Å². The van der Waals surface area contributed by atoms with Crippen molar-refractivity contribution in [1.82, 2.24) is 5.32 Å². The van der Waals surface area contributed by atoms with Gasteiger partial charge >= 0.3 is 0 Å². The van der Waals surface area contributed by atoms with Gasteiger partial charge in [-0.05, 0) is 56.8 Å². The van der Waals surface area contributed by atoms with E-state index in [1.165, 1.54) is 0 Å². The van der Waals surface area contributed by atoms with E-state index in [1.807, 2.05) is 0 Å². The third kappa shape index (κ3) is 3.48. The third-order valence-corrected chi connectivity index (χ3v) is 5.17. The lowest BCUT2D eigenvalue weighted by Gasteiger charge is -2.37. The number of hydrogen-bond donors (Lipinski definition) is 3. The van der Waals surface area contributed by atoms with Gasteiger partial charge < -0.3 is 16.2 Å². The maximum Gasteiger partial charge on any atom is 0.227 e. The summed E-state index contributed by atoms with van der Waals surface area (Å²) in [7, 11) is 0. The molecular weight excluding hydrogens is 240 g/mol. The van der Waals surface area contributed by atoms with Gasteiger partial charge in [0.05, 0.1) is 11.5 Å². The van der Waals surface area contributed by atoms with Crippen LogP contribution in [0.2, 0.25) is 0 Å². The summed E-state index contributed by atoms with van der Waals surface area (Å²) in [5, 5.41) is 12.6. The maximum atomic E-state index is 12.4. The van der Waals surface area contributed by atoms with Crippen molar-refractivity contribution in [3.63, 3.8) is 0 Å². The molecule has 4 heteroatoms. The molecule has 0 aliphatic heterocycles. The van der Waals surface area contributed by atoms with Crippen LogP contribution in [0.25, 0.3) is 0 Å². The Morgan fingerprint density at radius 3 is 2.53 bits per heavy atom. The lowest BCUT2D eigenvalue weighted by Crippen LogP contribution is -2.48. The molecule has 0 aromatic rings. The van der Waals surface area contributed by atoms with E-state index in [9.17, 15) is 9.90 Å². The van der Waals surface area contributed by atoms with Gasteiger partial charge in [0.2, 0.25) is 5.91 Å². The zero-order chi connectivity index (χ0) is 13.9. The van der Waals surface area contributed by atoms with Gasteiger partial charge in [-0.3, -0.25) is 4.79 Å². The summed E-state index contributed by atoms with van der Waals surface area (Å²) in [4.78, 5) is 12.4. The molecule has 0 bridgehead atoms. The highest BCUT2D eigenvalue weighted by atomic mass is 16.3. The largest absolute Gasteiger partial charge is 0.393 e. The highest BCUT2D eigenvalue weighted by Gasteiger charge is 2.40. The lowest BCUT2D eigenvalue weighted by atomic mass is 9.70. The summed E-state index contributed by atoms with van der Waals surface area (Å²) in [5.74, 6) is 1.30. The zero-order valence-corrected chi connectivity index (χ0v) is 12.0. The van der Waals surface area contributed by atoms with Crippen molar-refractivity contribution >= 4 is 5.91 Å². The minimum Gasteiger partial charge on any atom is -0.393 e. The van der Waals surface area contributed by atoms with Crippen molar-refractivity contribution in [1.29, 1.82) is 0 Å². The second-order valence-corrected chi connectivity index (χ2v) is 6.71. The highest BCUT2D eigenvalue weighted by molar-refractivity contribution is 5.83. The molecule has 0 radical (unpaired) electrons. The fraction of sp³-hybridized carbons (Fsp3) is 0.933. The summed E-state index contributed by atoms with van der Waals surface area (Å²) in [5.41, 5.74) is 5.56. The Morgan fingerprint density at radius 2 is 2.00 bits per heavy atom. The fourth-order valence-electron chi connectivity index (χ4n) is 3.50. The van der Waals surface area contributed by atoms with Crippen LogP contribution in [0.4, 0.5) is 0 Å². The number of hydrogen-bond acceptors (Lipinski definition) is 3. The molecule has 2 atom stereocenters. The molecule has 0 aromatic heterocycles. The molecule has 2 rings (SSSR count). The Morgan fingerprint density at radius 1 is 1.32 bits per heavy atom. The molecule has 2 fully saturated rings. The van der Waals surface area contributed by atoms with E-state index < -0.39 is 0 Å². The van der Waals surface area contributed by atoms with E-state index in [0.29, 0.717) is 19.0 Å². The number of rotatable bonds is 4. The Labute approximate surface area is 116 Å². The van der Waals surface area contributed by atoms with Crippen LogP contribution < -0.4 is 11.1 Å². The van der Waals surface area contributed by atoms with Crippen LogP contribution in [0, 0.1) is 17.3 Å². The molecule has 2 saturated carbocycles. The first-order valence-corrected chi connectivity index (χ1v) is 7.72. The third-order valence-electron chi connectivity index (χ3n) is 5.17. The molecule has 19 heavy (non-hydrogen) atoms. The van der Waals surface area contributed by atoms with Crippen molar-refractivity contribution in [2.45, 2.75) is 58.0 Å². The van der Waals surface area contributed by atoms with E-state index in [2.05, 4.69) is 12.2 Å². The smallest absolute Gasteiger partial charge is 0.227 e. The van der Waals surface area contributed by atoms with Gasteiger partial charge in [0, 0.05) is 13.1 Å². The Bertz CT molecular complexity index is 311. The average Bonchev–Trinajstić information content (AvgIpc) is 2.83. The lowest BCUT2D eigenvalue weighted by molar-refractivity contribution is -0.133. The van der Waals surface area contributed by atoms with Crippen molar-refractivity contribution in [2.75, 3.05) is 13.1 Å². The van der Waals surface area contributed by atoms with Crippen LogP contribution in [-0.4, -0.2) is 30.2 Å². The van der Waals surface area contributed by atoms with Gasteiger partial charge in [0.25, 0.3) is 0 Å². The number of aliphatic hydroxyl groups excluding tert-OH is 1. The van der Waals surface area contributed by atoms with Crippen LogP contribution in [0.15, 0.2) is 0 Å². The summed E-state index contributed by atoms with van der Waals surface area (Å²) in [6, 6.07) is 0. The second kappa shape index (κ2) is 6.23. The van der Waals surface area contributed by atoms with Crippen molar-refractivity contribution in [3.8, 4) is 0 Å². The topological polar surface area (TPSA) is 75.4 Å². The monoisotopic (exact) mass is 268 g/mol. The molecule has 2 aliphatic carbocycles. The van der Waals surface area contributed by atoms with Gasteiger partial charge in [-0.15, -0.1) is 0 Å². The number of carbonyl (C=O) groups excluding carboxylic acids is 1. The van der Waals surface area contributed by atoms with Gasteiger partial charge in [0.15, 0.2) is 0 Å². The van der Waals surface area contributed by atoms with E-state index >= 15 is 0 Å². The highest BCUT2D eigenvalue weighted by Crippen LogP contribution is 2.38. The molecule has 110 valence electrons. The first-order chi connectivity index (χ1) is 9.05. The van der Waals surface area contributed by atoms with Crippen molar-refractivity contribution in [2.24, 2.45) is 23.0 Å². The maximum absolute atomic E-state index is 12.4. The molecule has 0 aromatic carbocycles. The standard InChI is InChI=1S/C15H28N2O2/c1-11-4-6-15(10-16,7-5-11)14(19)17-9-12-2-3-13(18)8-12/h11-13,18H,2-10,16H2,1H3,(H,17,19). The predicted octanol–water partition coefficient (Wildman–Crippen LogP) is 1.42. The fourth-order valence-corrected chi connectivity index (χ4v) is 3.50. The molecule has 0 spiro atoms. The quantitative estimate of drug-likeness (QED) is 0.722. The van der Waals surface area contributed by atoms with E-state index in [-0.39, 0.29) is 17.4 Å². The average molecular weight is 268 g/mol. The molecule has 0 heterocycles. The predicted molar refractivity (Wildman–Crippen MR) is 75.5 cm³/mol. The zero-order valence-electron chi connectivity index (χ0n) is 12.0. The molecule has 2 unspecified atom stereocenters. The Balaban J connectivity index is 1.83.